The van der Waals surface area contributed by atoms with Crippen molar-refractivity contribution in [3.63, 3.8) is 0 Å². The highest BCUT2D eigenvalue weighted by Gasteiger charge is 2.14. The van der Waals surface area contributed by atoms with Crippen molar-refractivity contribution < 1.29 is 4.84 Å². The molecular formula is C21H31N3O. The van der Waals surface area contributed by atoms with E-state index in [0.717, 1.165) is 25.3 Å². The second-order valence-electron chi connectivity index (χ2n) is 7.14. The van der Waals surface area contributed by atoms with Gasteiger partial charge in [-0.2, -0.15) is 5.48 Å². The number of rotatable bonds is 9. The van der Waals surface area contributed by atoms with Gasteiger partial charge in [0.05, 0.1) is 12.6 Å². The zero-order chi connectivity index (χ0) is 17.3. The van der Waals surface area contributed by atoms with Crippen LogP contribution in [-0.4, -0.2) is 32.3 Å². The summed E-state index contributed by atoms with van der Waals surface area (Å²) in [6.07, 6.45) is 11.1. The van der Waals surface area contributed by atoms with Crippen LogP contribution in [-0.2, 0) is 11.3 Å². The third-order valence-electron chi connectivity index (χ3n) is 4.99. The molecule has 1 saturated heterocycles. The molecular weight excluding hydrogens is 310 g/mol. The van der Waals surface area contributed by atoms with Gasteiger partial charge in [-0.3, -0.25) is 0 Å². The lowest BCUT2D eigenvalue weighted by atomic mass is 10.0. The zero-order valence-electron chi connectivity index (χ0n) is 15.3. The molecule has 0 saturated carbocycles. The molecule has 1 aliphatic heterocycles. The molecule has 0 amide bonds. The van der Waals surface area contributed by atoms with Crippen LogP contribution < -0.4 is 16.1 Å². The zero-order valence-corrected chi connectivity index (χ0v) is 15.3. The van der Waals surface area contributed by atoms with E-state index in [0.29, 0.717) is 6.61 Å². The highest BCUT2D eigenvalue weighted by molar-refractivity contribution is 5.23. The van der Waals surface area contributed by atoms with Gasteiger partial charge >= 0.3 is 0 Å². The van der Waals surface area contributed by atoms with Gasteiger partial charge in [0, 0.05) is 12.2 Å². The normalized spacial score (nSPS) is 22.8. The number of benzene rings is 1. The third kappa shape index (κ3) is 6.31. The molecule has 0 aromatic heterocycles. The molecule has 1 aromatic carbocycles. The third-order valence-corrected chi connectivity index (χ3v) is 4.99. The summed E-state index contributed by atoms with van der Waals surface area (Å²) in [5.74, 6) is 0.844. The number of nitrogens with one attached hydrogen (secondary N) is 3. The fourth-order valence-electron chi connectivity index (χ4n) is 3.31. The summed E-state index contributed by atoms with van der Waals surface area (Å²) in [5, 5.41) is 6.97. The van der Waals surface area contributed by atoms with Crippen LogP contribution in [0.15, 0.2) is 48.2 Å². The van der Waals surface area contributed by atoms with Gasteiger partial charge < -0.3 is 15.5 Å². The Hall–Kier alpha value is -1.62. The molecule has 2 aliphatic rings. The first-order valence-corrected chi connectivity index (χ1v) is 9.55. The number of aryl methyl sites for hydroxylation is 1. The van der Waals surface area contributed by atoms with Crippen LogP contribution in [0.5, 0.6) is 0 Å². The molecule has 1 heterocycles. The fraction of sp³-hybridized carbons (Fsp3) is 0.524. The van der Waals surface area contributed by atoms with E-state index < -0.39 is 0 Å². The summed E-state index contributed by atoms with van der Waals surface area (Å²) < 4.78 is 0. The summed E-state index contributed by atoms with van der Waals surface area (Å²) in [4.78, 5) is 5.63. The average Bonchev–Trinajstić information content (AvgIpc) is 3.15. The van der Waals surface area contributed by atoms with Gasteiger partial charge in [0.1, 0.15) is 0 Å². The van der Waals surface area contributed by atoms with Crippen LogP contribution in [0, 0.1) is 12.8 Å². The second-order valence-corrected chi connectivity index (χ2v) is 7.14. The minimum Gasteiger partial charge on any atom is -0.385 e. The highest BCUT2D eigenvalue weighted by Crippen LogP contribution is 2.13. The largest absolute Gasteiger partial charge is 0.385 e. The van der Waals surface area contributed by atoms with Crippen LogP contribution in [0.2, 0.25) is 0 Å². The number of allylic oxidation sites excluding steroid dienone is 1. The Morgan fingerprint density at radius 1 is 1.24 bits per heavy atom. The summed E-state index contributed by atoms with van der Waals surface area (Å²) in [5.41, 5.74) is 7.01. The fourth-order valence-corrected chi connectivity index (χ4v) is 3.31. The van der Waals surface area contributed by atoms with Gasteiger partial charge in [0.2, 0.25) is 0 Å². The van der Waals surface area contributed by atoms with E-state index in [1.807, 2.05) is 0 Å². The van der Waals surface area contributed by atoms with Crippen LogP contribution in [0.1, 0.15) is 30.4 Å². The Morgan fingerprint density at radius 2 is 2.12 bits per heavy atom. The van der Waals surface area contributed by atoms with Crippen molar-refractivity contribution in [2.45, 2.75) is 38.6 Å². The van der Waals surface area contributed by atoms with Crippen molar-refractivity contribution in [3.8, 4) is 0 Å². The van der Waals surface area contributed by atoms with Crippen molar-refractivity contribution >= 4 is 0 Å². The predicted molar refractivity (Wildman–Crippen MR) is 103 cm³/mol. The van der Waals surface area contributed by atoms with Crippen LogP contribution in [0.25, 0.3) is 0 Å². The molecule has 0 spiro atoms. The van der Waals surface area contributed by atoms with Gasteiger partial charge in [0.15, 0.2) is 0 Å². The molecule has 4 heteroatoms. The number of hydrogen-bond donors (Lipinski definition) is 3. The summed E-state index contributed by atoms with van der Waals surface area (Å²) >= 11 is 0. The molecule has 2 atom stereocenters. The van der Waals surface area contributed by atoms with E-state index >= 15 is 0 Å². The molecule has 3 N–H and O–H groups in total. The molecule has 136 valence electrons. The topological polar surface area (TPSA) is 45.3 Å². The first kappa shape index (κ1) is 18.2. The van der Waals surface area contributed by atoms with E-state index in [1.54, 1.807) is 0 Å². The van der Waals surface area contributed by atoms with Crippen LogP contribution >= 0.6 is 0 Å². The Labute approximate surface area is 151 Å². The van der Waals surface area contributed by atoms with Gasteiger partial charge in [-0.15, -0.1) is 0 Å². The van der Waals surface area contributed by atoms with E-state index in [2.05, 4.69) is 65.5 Å². The molecule has 1 aliphatic carbocycles. The van der Waals surface area contributed by atoms with Crippen molar-refractivity contribution in [1.82, 2.24) is 16.1 Å². The van der Waals surface area contributed by atoms with Gasteiger partial charge in [-0.1, -0.05) is 42.0 Å². The lowest BCUT2D eigenvalue weighted by molar-refractivity contribution is 0.0285. The summed E-state index contributed by atoms with van der Waals surface area (Å²) in [7, 11) is 0. The maximum absolute atomic E-state index is 5.63. The van der Waals surface area contributed by atoms with E-state index in [4.69, 9.17) is 4.84 Å². The highest BCUT2D eigenvalue weighted by atomic mass is 16.6. The van der Waals surface area contributed by atoms with Crippen molar-refractivity contribution in [1.29, 1.82) is 0 Å². The van der Waals surface area contributed by atoms with E-state index in [-0.39, 0.29) is 6.04 Å². The maximum Gasteiger partial charge on any atom is 0.0722 e. The lowest BCUT2D eigenvalue weighted by Crippen LogP contribution is -2.30. The monoisotopic (exact) mass is 341 g/mol. The molecule has 3 rings (SSSR count). The first-order valence-electron chi connectivity index (χ1n) is 9.55. The number of hydrogen-bond acceptors (Lipinski definition) is 4. The second kappa shape index (κ2) is 9.76. The SMILES string of the molecule is Cc1ccc(CCONC2C=CC(NCCC3CCNC3)=CC2)cc1. The standard InChI is InChI=1S/C21H31N3O/c1-17-2-4-18(5-3-17)12-15-25-24-21-8-6-20(7-9-21)23-14-11-19-10-13-22-16-19/h2-8,19,21-24H,9-16H2,1H3. The van der Waals surface area contributed by atoms with Crippen molar-refractivity contribution in [2.75, 3.05) is 26.2 Å². The van der Waals surface area contributed by atoms with Gasteiger partial charge in [-0.25, -0.2) is 0 Å². The van der Waals surface area contributed by atoms with Crippen LogP contribution in [0.4, 0.5) is 0 Å². The van der Waals surface area contributed by atoms with Gasteiger partial charge in [0.25, 0.3) is 0 Å². The lowest BCUT2D eigenvalue weighted by Gasteiger charge is -2.19. The Morgan fingerprint density at radius 3 is 2.84 bits per heavy atom. The summed E-state index contributed by atoms with van der Waals surface area (Å²) in [6, 6.07) is 8.90. The molecule has 2 unspecified atom stereocenters. The predicted octanol–water partition coefficient (Wildman–Crippen LogP) is 2.86. The van der Waals surface area contributed by atoms with E-state index in [9.17, 15) is 0 Å². The average molecular weight is 341 g/mol. The Bertz CT molecular complexity index is 573. The quantitative estimate of drug-likeness (QED) is 0.477. The Kier molecular flexibility index (Phi) is 7.10. The molecule has 0 bridgehead atoms. The van der Waals surface area contributed by atoms with Crippen molar-refractivity contribution in [2.24, 2.45) is 5.92 Å². The minimum absolute atomic E-state index is 0.266. The molecule has 25 heavy (non-hydrogen) atoms. The smallest absolute Gasteiger partial charge is 0.0722 e. The minimum atomic E-state index is 0.266. The molecule has 1 aromatic rings. The van der Waals surface area contributed by atoms with E-state index in [1.165, 1.54) is 42.8 Å². The number of hydroxylamine groups is 1. The van der Waals surface area contributed by atoms with Gasteiger partial charge in [-0.05, 0) is 63.3 Å². The maximum atomic E-state index is 5.63. The summed E-state index contributed by atoms with van der Waals surface area (Å²) in [6.45, 7) is 6.23. The molecule has 4 nitrogen and oxygen atoms in total. The van der Waals surface area contributed by atoms with Crippen LogP contribution in [0.3, 0.4) is 0 Å². The molecule has 1 fully saturated rings. The Balaban J connectivity index is 1.26. The first-order chi connectivity index (χ1) is 12.3. The molecule has 0 radical (unpaired) electrons. The van der Waals surface area contributed by atoms with Crippen molar-refractivity contribution in [3.05, 3.63) is 59.3 Å².